The molecule has 2 atom stereocenters. The van der Waals surface area contributed by atoms with Gasteiger partial charge < -0.3 is 16.0 Å². The quantitative estimate of drug-likeness (QED) is 0.602. The molecule has 2 unspecified atom stereocenters. The first-order valence-corrected chi connectivity index (χ1v) is 9.98. The van der Waals surface area contributed by atoms with Crippen molar-refractivity contribution in [1.29, 1.82) is 0 Å². The van der Waals surface area contributed by atoms with Crippen LogP contribution in [-0.2, 0) is 9.59 Å². The first-order valence-electron chi connectivity index (χ1n) is 9.98. The Hall–Kier alpha value is -0.810. The zero-order chi connectivity index (χ0) is 16.8. The molecule has 25 heavy (non-hydrogen) atoms. The van der Waals surface area contributed by atoms with Crippen LogP contribution in [0.15, 0.2) is 0 Å². The maximum Gasteiger partial charge on any atom is 0.220 e. The predicted molar refractivity (Wildman–Crippen MR) is 102 cm³/mol. The topological polar surface area (TPSA) is 70.2 Å². The van der Waals surface area contributed by atoms with Crippen molar-refractivity contribution in [2.75, 3.05) is 13.1 Å². The van der Waals surface area contributed by atoms with Gasteiger partial charge in [-0.05, 0) is 50.4 Å². The van der Waals surface area contributed by atoms with E-state index in [2.05, 4.69) is 16.0 Å². The summed E-state index contributed by atoms with van der Waals surface area (Å²) in [5.41, 5.74) is 0. The van der Waals surface area contributed by atoms with E-state index in [-0.39, 0.29) is 24.2 Å². The van der Waals surface area contributed by atoms with Gasteiger partial charge in [-0.1, -0.05) is 19.3 Å². The number of carbonyl (C=O) groups is 2. The highest BCUT2D eigenvalue weighted by atomic mass is 35.5. The molecule has 3 rings (SSSR count). The lowest BCUT2D eigenvalue weighted by Crippen LogP contribution is -2.40. The monoisotopic (exact) mass is 371 g/mol. The smallest absolute Gasteiger partial charge is 0.220 e. The minimum Gasteiger partial charge on any atom is -0.354 e. The molecule has 0 spiro atoms. The number of fused-ring (bicyclic) bond motifs is 2. The van der Waals surface area contributed by atoms with E-state index in [4.69, 9.17) is 0 Å². The van der Waals surface area contributed by atoms with E-state index in [0.717, 1.165) is 12.8 Å². The van der Waals surface area contributed by atoms with Gasteiger partial charge in [-0.25, -0.2) is 0 Å². The number of rotatable bonds is 7. The molecule has 6 heteroatoms. The second kappa shape index (κ2) is 10.4. The molecule has 144 valence electrons. The number of hydrogen-bond donors (Lipinski definition) is 3. The summed E-state index contributed by atoms with van der Waals surface area (Å²) in [7, 11) is 0. The number of halogens is 1. The van der Waals surface area contributed by atoms with Crippen LogP contribution in [-0.4, -0.2) is 37.0 Å². The van der Waals surface area contributed by atoms with Gasteiger partial charge in [0.15, 0.2) is 0 Å². The highest BCUT2D eigenvalue weighted by Gasteiger charge is 2.34. The summed E-state index contributed by atoms with van der Waals surface area (Å²) >= 11 is 0. The largest absolute Gasteiger partial charge is 0.354 e. The van der Waals surface area contributed by atoms with Gasteiger partial charge in [0.1, 0.15) is 0 Å². The molecule has 0 aromatic carbocycles. The zero-order valence-electron chi connectivity index (χ0n) is 15.2. The van der Waals surface area contributed by atoms with Crippen molar-refractivity contribution in [1.82, 2.24) is 16.0 Å². The summed E-state index contributed by atoms with van der Waals surface area (Å²) < 4.78 is 0. The van der Waals surface area contributed by atoms with Gasteiger partial charge in [-0.3, -0.25) is 9.59 Å². The Morgan fingerprint density at radius 1 is 0.760 bits per heavy atom. The van der Waals surface area contributed by atoms with Gasteiger partial charge in [0.2, 0.25) is 11.8 Å². The molecular formula is C19H34ClN3O2. The van der Waals surface area contributed by atoms with Crippen molar-refractivity contribution < 1.29 is 9.59 Å². The summed E-state index contributed by atoms with van der Waals surface area (Å²) in [6.45, 7) is 1.10. The van der Waals surface area contributed by atoms with Crippen molar-refractivity contribution in [3.63, 3.8) is 0 Å². The second-order valence-corrected chi connectivity index (χ2v) is 8.09. The lowest BCUT2D eigenvalue weighted by Gasteiger charge is -2.28. The van der Waals surface area contributed by atoms with Gasteiger partial charge >= 0.3 is 0 Å². The Labute approximate surface area is 157 Å². The van der Waals surface area contributed by atoms with Crippen molar-refractivity contribution in [3.8, 4) is 0 Å². The summed E-state index contributed by atoms with van der Waals surface area (Å²) in [4.78, 5) is 24.0. The van der Waals surface area contributed by atoms with Crippen LogP contribution in [0.2, 0.25) is 0 Å². The van der Waals surface area contributed by atoms with E-state index >= 15 is 0 Å². The molecule has 0 aromatic heterocycles. The number of carbonyl (C=O) groups excluding carboxylic acids is 2. The Balaban J connectivity index is 0.00000225. The molecule has 2 saturated heterocycles. The number of nitrogens with one attached hydrogen (secondary N) is 3. The van der Waals surface area contributed by atoms with Gasteiger partial charge in [0, 0.05) is 38.0 Å². The average Bonchev–Trinajstić information content (AvgIpc) is 2.91. The van der Waals surface area contributed by atoms with Crippen LogP contribution in [0.4, 0.5) is 0 Å². The summed E-state index contributed by atoms with van der Waals surface area (Å²) in [5, 5.41) is 9.53. The molecule has 1 saturated carbocycles. The molecule has 3 aliphatic rings. The standard InChI is InChI=1S/C19H33N3O2.ClH/c23-18(12-14-4-2-1-3-5-14)20-8-9-21-19(24)13-15-10-16-6-7-17(11-15)22-16;/h14-17,22H,1-13H2,(H,20,23)(H,21,24);1H. The summed E-state index contributed by atoms with van der Waals surface area (Å²) in [6, 6.07) is 1.28. The molecule has 2 heterocycles. The Bertz CT molecular complexity index is 428. The Kier molecular flexibility index (Phi) is 8.50. The van der Waals surface area contributed by atoms with Crippen LogP contribution >= 0.6 is 12.4 Å². The SMILES string of the molecule is Cl.O=C(CC1CCCCC1)NCCNC(=O)CC1CC2CCC(C1)N2. The van der Waals surface area contributed by atoms with Crippen LogP contribution in [0.5, 0.6) is 0 Å². The van der Waals surface area contributed by atoms with Gasteiger partial charge in [-0.15, -0.1) is 12.4 Å². The third-order valence-electron chi connectivity index (χ3n) is 6.01. The molecule has 3 N–H and O–H groups in total. The van der Waals surface area contributed by atoms with Crippen molar-refractivity contribution in [2.24, 2.45) is 11.8 Å². The van der Waals surface area contributed by atoms with Gasteiger partial charge in [0.25, 0.3) is 0 Å². The maximum atomic E-state index is 12.1. The van der Waals surface area contributed by atoms with E-state index in [1.807, 2.05) is 0 Å². The van der Waals surface area contributed by atoms with E-state index in [9.17, 15) is 9.59 Å². The first-order chi connectivity index (χ1) is 11.7. The number of piperidine rings is 1. The number of amides is 2. The molecule has 2 aliphatic heterocycles. The highest BCUT2D eigenvalue weighted by Crippen LogP contribution is 2.32. The van der Waals surface area contributed by atoms with E-state index in [0.29, 0.717) is 49.9 Å². The average molecular weight is 372 g/mol. The van der Waals surface area contributed by atoms with Crippen LogP contribution in [0.3, 0.4) is 0 Å². The minimum absolute atomic E-state index is 0. The fourth-order valence-corrected chi connectivity index (χ4v) is 4.81. The van der Waals surface area contributed by atoms with Crippen molar-refractivity contribution >= 4 is 24.2 Å². The molecule has 5 nitrogen and oxygen atoms in total. The minimum atomic E-state index is 0. The third kappa shape index (κ3) is 6.78. The van der Waals surface area contributed by atoms with Gasteiger partial charge in [0.05, 0.1) is 0 Å². The molecular weight excluding hydrogens is 338 g/mol. The normalized spacial score (nSPS) is 28.9. The Morgan fingerprint density at radius 3 is 1.84 bits per heavy atom. The fourth-order valence-electron chi connectivity index (χ4n) is 4.81. The molecule has 1 aliphatic carbocycles. The predicted octanol–water partition coefficient (Wildman–Crippen LogP) is 2.53. The fraction of sp³-hybridized carbons (Fsp3) is 0.895. The summed E-state index contributed by atoms with van der Waals surface area (Å²) in [5.74, 6) is 1.39. The molecule has 2 bridgehead atoms. The van der Waals surface area contributed by atoms with Gasteiger partial charge in [-0.2, -0.15) is 0 Å². The van der Waals surface area contributed by atoms with E-state index in [1.54, 1.807) is 0 Å². The van der Waals surface area contributed by atoms with Crippen LogP contribution in [0.25, 0.3) is 0 Å². The highest BCUT2D eigenvalue weighted by molar-refractivity contribution is 5.85. The second-order valence-electron chi connectivity index (χ2n) is 8.09. The molecule has 0 radical (unpaired) electrons. The molecule has 0 aromatic rings. The third-order valence-corrected chi connectivity index (χ3v) is 6.01. The van der Waals surface area contributed by atoms with Crippen LogP contribution in [0, 0.1) is 11.8 Å². The van der Waals surface area contributed by atoms with Crippen LogP contribution in [0.1, 0.15) is 70.6 Å². The zero-order valence-corrected chi connectivity index (χ0v) is 16.0. The van der Waals surface area contributed by atoms with Crippen LogP contribution < -0.4 is 16.0 Å². The van der Waals surface area contributed by atoms with Crippen molar-refractivity contribution in [3.05, 3.63) is 0 Å². The van der Waals surface area contributed by atoms with E-state index in [1.165, 1.54) is 44.9 Å². The summed E-state index contributed by atoms with van der Waals surface area (Å²) in [6.07, 6.45) is 12.4. The maximum absolute atomic E-state index is 12.1. The van der Waals surface area contributed by atoms with Crippen molar-refractivity contribution in [2.45, 2.75) is 82.7 Å². The first kappa shape index (κ1) is 20.5. The number of hydrogen-bond acceptors (Lipinski definition) is 3. The molecule has 2 amide bonds. The lowest BCUT2D eigenvalue weighted by molar-refractivity contribution is -0.124. The molecule has 3 fully saturated rings. The van der Waals surface area contributed by atoms with E-state index < -0.39 is 0 Å². The Morgan fingerprint density at radius 2 is 1.28 bits per heavy atom. The lowest BCUT2D eigenvalue weighted by atomic mass is 9.87.